The second-order valence-corrected chi connectivity index (χ2v) is 8.66. The predicted octanol–water partition coefficient (Wildman–Crippen LogP) is 6.00. The Labute approximate surface area is 205 Å². The fourth-order valence-corrected chi connectivity index (χ4v) is 4.46. The van der Waals surface area contributed by atoms with Crippen molar-refractivity contribution in [3.8, 4) is 5.75 Å². The first-order valence-corrected chi connectivity index (χ1v) is 11.3. The topological polar surface area (TPSA) is 101 Å². The van der Waals surface area contributed by atoms with Gasteiger partial charge in [-0.25, -0.2) is 10.2 Å². The first-order valence-electron chi connectivity index (χ1n) is 9.67. The number of ether oxygens (including phenoxy) is 1. The minimum Gasteiger partial charge on any atom is -0.487 e. The van der Waals surface area contributed by atoms with Gasteiger partial charge in [-0.2, -0.15) is 5.10 Å². The Balaban J connectivity index is 1.39. The van der Waals surface area contributed by atoms with E-state index < -0.39 is 11.9 Å². The van der Waals surface area contributed by atoms with Crippen molar-refractivity contribution in [1.29, 1.82) is 0 Å². The molecule has 0 aliphatic rings. The Morgan fingerprint density at radius 3 is 2.39 bits per heavy atom. The van der Waals surface area contributed by atoms with Crippen molar-refractivity contribution >= 4 is 60.9 Å². The summed E-state index contributed by atoms with van der Waals surface area (Å²) in [6, 6.07) is 19.1. The van der Waals surface area contributed by atoms with Crippen LogP contribution in [0.25, 0.3) is 11.0 Å². The lowest BCUT2D eigenvalue weighted by Crippen LogP contribution is -2.16. The molecular weight excluding hydrogens is 556 g/mol. The number of hydrogen-bond donors (Lipinski definition) is 2. The van der Waals surface area contributed by atoms with Crippen LogP contribution in [0.5, 0.6) is 5.75 Å². The minimum atomic E-state index is -0.973. The van der Waals surface area contributed by atoms with E-state index >= 15 is 0 Å². The van der Waals surface area contributed by atoms with Crippen LogP contribution in [0.2, 0.25) is 0 Å². The number of aromatic carboxylic acids is 1. The summed E-state index contributed by atoms with van der Waals surface area (Å²) in [6.45, 7) is 0.262. The third-order valence-corrected chi connectivity index (χ3v) is 5.81. The Morgan fingerprint density at radius 1 is 1.03 bits per heavy atom. The fourth-order valence-electron chi connectivity index (χ4n) is 3.01. The number of hydrazone groups is 1. The predicted molar refractivity (Wildman–Crippen MR) is 131 cm³/mol. The minimum absolute atomic E-state index is 0.177. The van der Waals surface area contributed by atoms with Crippen molar-refractivity contribution in [2.24, 2.45) is 5.10 Å². The summed E-state index contributed by atoms with van der Waals surface area (Å²) < 4.78 is 12.8. The summed E-state index contributed by atoms with van der Waals surface area (Å²) in [4.78, 5) is 23.2. The number of carbonyl (C=O) groups is 2. The van der Waals surface area contributed by atoms with Crippen LogP contribution in [0.4, 0.5) is 0 Å². The van der Waals surface area contributed by atoms with Crippen LogP contribution in [0, 0.1) is 0 Å². The number of benzene rings is 3. The summed E-state index contributed by atoms with van der Waals surface area (Å²) in [6.07, 6.45) is 1.50. The highest BCUT2D eigenvalue weighted by molar-refractivity contribution is 9.11. The molecule has 0 bridgehead atoms. The van der Waals surface area contributed by atoms with Crippen molar-refractivity contribution < 1.29 is 23.8 Å². The molecule has 3 aromatic carbocycles. The number of amides is 1. The number of hydrogen-bond acceptors (Lipinski definition) is 5. The third-order valence-electron chi connectivity index (χ3n) is 4.63. The Hall–Kier alpha value is -3.43. The van der Waals surface area contributed by atoms with Gasteiger partial charge < -0.3 is 14.3 Å². The number of carbonyl (C=O) groups excluding carboxylic acids is 1. The van der Waals surface area contributed by atoms with Crippen molar-refractivity contribution in [2.45, 2.75) is 6.61 Å². The van der Waals surface area contributed by atoms with Crippen LogP contribution in [0.3, 0.4) is 0 Å². The number of halogens is 2. The number of nitrogens with one attached hydrogen (secondary N) is 1. The summed E-state index contributed by atoms with van der Waals surface area (Å²) in [5.74, 6) is -0.662. The molecule has 0 aliphatic carbocycles. The molecule has 166 valence electrons. The van der Waals surface area contributed by atoms with E-state index in [0.717, 1.165) is 16.5 Å². The molecule has 0 radical (unpaired) electrons. The number of carboxylic acids is 1. The fraction of sp³-hybridized carbons (Fsp3) is 0.0417. The Morgan fingerprint density at radius 2 is 1.73 bits per heavy atom. The maximum Gasteiger partial charge on any atom is 0.335 e. The van der Waals surface area contributed by atoms with Crippen LogP contribution < -0.4 is 10.2 Å². The summed E-state index contributed by atoms with van der Waals surface area (Å²) >= 11 is 6.97. The lowest BCUT2D eigenvalue weighted by atomic mass is 10.1. The average Bonchev–Trinajstić information content (AvgIpc) is 3.23. The van der Waals surface area contributed by atoms with E-state index in [-0.39, 0.29) is 17.9 Å². The Bertz CT molecular complexity index is 1310. The van der Waals surface area contributed by atoms with Gasteiger partial charge >= 0.3 is 11.9 Å². The number of furan rings is 1. The van der Waals surface area contributed by atoms with Crippen molar-refractivity contribution in [3.63, 3.8) is 0 Å². The molecule has 4 rings (SSSR count). The monoisotopic (exact) mass is 570 g/mol. The van der Waals surface area contributed by atoms with Crippen LogP contribution in [0.15, 0.2) is 85.2 Å². The largest absolute Gasteiger partial charge is 0.487 e. The highest BCUT2D eigenvalue weighted by Crippen LogP contribution is 2.35. The second-order valence-electron chi connectivity index (χ2n) is 6.95. The molecule has 0 unspecified atom stereocenters. The van der Waals surface area contributed by atoms with Crippen LogP contribution in [-0.2, 0) is 6.61 Å². The van der Waals surface area contributed by atoms with Crippen LogP contribution in [0.1, 0.15) is 32.0 Å². The molecule has 1 amide bonds. The van der Waals surface area contributed by atoms with Gasteiger partial charge in [0, 0.05) is 5.39 Å². The molecule has 0 saturated carbocycles. The zero-order valence-corrected chi connectivity index (χ0v) is 20.1. The molecule has 0 spiro atoms. The quantitative estimate of drug-likeness (QED) is 0.209. The van der Waals surface area contributed by atoms with E-state index in [1.54, 1.807) is 36.4 Å². The maximum atomic E-state index is 12.3. The molecule has 1 heterocycles. The van der Waals surface area contributed by atoms with Crippen LogP contribution in [-0.4, -0.2) is 23.2 Å². The van der Waals surface area contributed by atoms with Crippen LogP contribution >= 0.6 is 31.9 Å². The smallest absolute Gasteiger partial charge is 0.335 e. The van der Waals surface area contributed by atoms with E-state index in [9.17, 15) is 9.59 Å². The molecule has 4 aromatic rings. The average molecular weight is 572 g/mol. The van der Waals surface area contributed by atoms with Gasteiger partial charge in [0.05, 0.1) is 20.7 Å². The normalized spacial score (nSPS) is 11.1. The highest BCUT2D eigenvalue weighted by Gasteiger charge is 2.12. The zero-order chi connectivity index (χ0) is 23.4. The van der Waals surface area contributed by atoms with Crippen molar-refractivity contribution in [1.82, 2.24) is 5.43 Å². The number of carboxylic acid groups (broad SMARTS) is 1. The van der Waals surface area contributed by atoms with Gasteiger partial charge in [0.25, 0.3) is 0 Å². The number of para-hydroxylation sites is 1. The molecule has 2 N–H and O–H groups in total. The van der Waals surface area contributed by atoms with Gasteiger partial charge in [0.1, 0.15) is 17.9 Å². The van der Waals surface area contributed by atoms with Crippen molar-refractivity contribution in [3.05, 3.63) is 98.1 Å². The van der Waals surface area contributed by atoms with E-state index in [1.807, 2.05) is 18.2 Å². The standard InChI is InChI=1S/C24H16Br2N2O5/c25-18-9-15(12-27-28-23(29)21-11-17-3-1-2-4-20(17)33-21)10-19(26)22(18)32-13-14-5-7-16(8-6-14)24(30)31/h1-12H,13H2,(H,28,29)(H,30,31)/b27-12+. The maximum absolute atomic E-state index is 12.3. The molecular formula is C24H16Br2N2O5. The zero-order valence-electron chi connectivity index (χ0n) is 16.9. The van der Waals surface area contributed by atoms with E-state index in [0.29, 0.717) is 20.3 Å². The lowest BCUT2D eigenvalue weighted by Gasteiger charge is -2.11. The SMILES string of the molecule is O=C(O)c1ccc(COc2c(Br)cc(/C=N/NC(=O)c3cc4ccccc4o3)cc2Br)cc1. The van der Waals surface area contributed by atoms with Crippen molar-refractivity contribution in [2.75, 3.05) is 0 Å². The lowest BCUT2D eigenvalue weighted by molar-refractivity contribution is 0.0696. The number of nitrogens with zero attached hydrogens (tertiary/aromatic N) is 1. The van der Waals surface area contributed by atoms with E-state index in [2.05, 4.69) is 42.4 Å². The van der Waals surface area contributed by atoms with Gasteiger partial charge in [0.2, 0.25) is 0 Å². The summed E-state index contributed by atoms with van der Waals surface area (Å²) in [5, 5.41) is 13.8. The molecule has 0 saturated heterocycles. The highest BCUT2D eigenvalue weighted by atomic mass is 79.9. The molecule has 33 heavy (non-hydrogen) atoms. The summed E-state index contributed by atoms with van der Waals surface area (Å²) in [7, 11) is 0. The van der Waals surface area contributed by atoms with E-state index in [4.69, 9.17) is 14.3 Å². The molecule has 0 aliphatic heterocycles. The van der Waals surface area contributed by atoms with Gasteiger partial charge in [0.15, 0.2) is 5.76 Å². The first-order chi connectivity index (χ1) is 15.9. The third kappa shape index (κ3) is 5.50. The Kier molecular flexibility index (Phi) is 6.90. The first kappa shape index (κ1) is 22.8. The molecule has 9 heteroatoms. The van der Waals surface area contributed by atoms with Gasteiger partial charge in [-0.15, -0.1) is 0 Å². The van der Waals surface area contributed by atoms with Gasteiger partial charge in [-0.3, -0.25) is 4.79 Å². The van der Waals surface area contributed by atoms with Gasteiger partial charge in [-0.05, 0) is 79.4 Å². The van der Waals surface area contributed by atoms with Gasteiger partial charge in [-0.1, -0.05) is 30.3 Å². The summed E-state index contributed by atoms with van der Waals surface area (Å²) in [5.41, 5.74) is 4.86. The molecule has 0 fully saturated rings. The second kappa shape index (κ2) is 10.0. The number of rotatable bonds is 7. The number of fused-ring (bicyclic) bond motifs is 1. The molecule has 7 nitrogen and oxygen atoms in total. The van der Waals surface area contributed by atoms with E-state index in [1.165, 1.54) is 18.3 Å². The molecule has 0 atom stereocenters. The molecule has 1 aromatic heterocycles.